The lowest BCUT2D eigenvalue weighted by Crippen LogP contribution is -2.34. The quantitative estimate of drug-likeness (QED) is 0.542. The lowest BCUT2D eigenvalue weighted by Gasteiger charge is -2.21. The predicted molar refractivity (Wildman–Crippen MR) is 130 cm³/mol. The predicted octanol–water partition coefficient (Wildman–Crippen LogP) is 2.07. The van der Waals surface area contributed by atoms with Gasteiger partial charge in [-0.2, -0.15) is 4.31 Å². The molecule has 1 aliphatic rings. The van der Waals surface area contributed by atoms with Crippen LogP contribution in [0.25, 0.3) is 16.9 Å². The van der Waals surface area contributed by atoms with Crippen LogP contribution in [-0.4, -0.2) is 77.0 Å². The Balaban J connectivity index is 1.84. The Kier molecular flexibility index (Phi) is 7.06. The van der Waals surface area contributed by atoms with E-state index in [-0.39, 0.29) is 16.3 Å². The normalized spacial score (nSPS) is 16.1. The summed E-state index contributed by atoms with van der Waals surface area (Å²) in [4.78, 5) is 22.5. The number of fused-ring (bicyclic) bond motifs is 1. The first-order valence-corrected chi connectivity index (χ1v) is 13.1. The Hall–Kier alpha value is -2.76. The Bertz CT molecular complexity index is 1350. The molecule has 0 saturated carbocycles. The largest absolute Gasteiger partial charge is 0.493 e. The lowest BCUT2D eigenvalue weighted by atomic mass is 10.2. The van der Waals surface area contributed by atoms with Crippen LogP contribution in [0.5, 0.6) is 5.75 Å². The first-order chi connectivity index (χ1) is 16.3. The number of imidazole rings is 1. The third-order valence-electron chi connectivity index (χ3n) is 6.04. The van der Waals surface area contributed by atoms with Crippen LogP contribution in [0.2, 0.25) is 0 Å². The summed E-state index contributed by atoms with van der Waals surface area (Å²) in [5.74, 6) is 1.38. The number of sulfonamides is 1. The van der Waals surface area contributed by atoms with E-state index in [1.54, 1.807) is 29.6 Å². The van der Waals surface area contributed by atoms with Crippen molar-refractivity contribution in [1.82, 2.24) is 28.8 Å². The molecule has 0 amide bonds. The number of ether oxygens (including phenoxy) is 1. The topological polar surface area (TPSA) is 113 Å². The molecule has 2 aromatic heterocycles. The number of hydrogen-bond acceptors (Lipinski definition) is 7. The zero-order chi connectivity index (χ0) is 24.5. The monoisotopic (exact) mass is 488 g/mol. The van der Waals surface area contributed by atoms with E-state index in [0.29, 0.717) is 61.0 Å². The highest BCUT2D eigenvalue weighted by atomic mass is 32.2. The molecule has 0 bridgehead atoms. The molecule has 0 aliphatic carbocycles. The first-order valence-electron chi connectivity index (χ1n) is 11.7. The van der Waals surface area contributed by atoms with Crippen LogP contribution >= 0.6 is 0 Å². The molecule has 1 saturated heterocycles. The van der Waals surface area contributed by atoms with Gasteiger partial charge < -0.3 is 14.6 Å². The van der Waals surface area contributed by atoms with Gasteiger partial charge in [0.2, 0.25) is 10.0 Å². The Morgan fingerprint density at radius 2 is 1.94 bits per heavy atom. The fourth-order valence-corrected chi connectivity index (χ4v) is 5.79. The Labute approximate surface area is 199 Å². The van der Waals surface area contributed by atoms with Crippen molar-refractivity contribution >= 4 is 15.5 Å². The third-order valence-corrected chi connectivity index (χ3v) is 7.93. The molecule has 0 radical (unpaired) electrons. The maximum atomic E-state index is 13.5. The van der Waals surface area contributed by atoms with Crippen LogP contribution in [0.1, 0.15) is 38.2 Å². The van der Waals surface area contributed by atoms with E-state index < -0.39 is 10.0 Å². The maximum absolute atomic E-state index is 13.5. The van der Waals surface area contributed by atoms with Gasteiger partial charge in [0.1, 0.15) is 11.6 Å². The van der Waals surface area contributed by atoms with Crippen molar-refractivity contribution in [1.29, 1.82) is 0 Å². The fraction of sp³-hybridized carbons (Fsp3) is 0.522. The molecule has 0 spiro atoms. The molecule has 11 heteroatoms. The molecule has 1 fully saturated rings. The number of rotatable bonds is 7. The molecular formula is C23H32N6O4S. The minimum Gasteiger partial charge on any atom is -0.493 e. The van der Waals surface area contributed by atoms with Gasteiger partial charge in [0, 0.05) is 26.1 Å². The van der Waals surface area contributed by atoms with Gasteiger partial charge in [-0.1, -0.05) is 6.92 Å². The zero-order valence-corrected chi connectivity index (χ0v) is 21.0. The number of likely N-dealkylation sites (N-methyl/N-ethyl adjacent to an activating group) is 1. The summed E-state index contributed by atoms with van der Waals surface area (Å²) in [5, 5.41) is 4.65. The van der Waals surface area contributed by atoms with Gasteiger partial charge in [-0.15, -0.1) is 5.10 Å². The van der Waals surface area contributed by atoms with Gasteiger partial charge >= 0.3 is 0 Å². The van der Waals surface area contributed by atoms with Crippen molar-refractivity contribution in [2.24, 2.45) is 0 Å². The van der Waals surface area contributed by atoms with Crippen molar-refractivity contribution in [3.8, 4) is 17.1 Å². The van der Waals surface area contributed by atoms with Crippen LogP contribution in [-0.2, 0) is 16.4 Å². The molecule has 1 N–H and O–H groups in total. The molecule has 3 aromatic rings. The van der Waals surface area contributed by atoms with Gasteiger partial charge in [-0.3, -0.25) is 4.79 Å². The van der Waals surface area contributed by atoms with Crippen molar-refractivity contribution in [3.63, 3.8) is 0 Å². The average Bonchev–Trinajstić information content (AvgIpc) is 2.96. The Morgan fingerprint density at radius 1 is 1.15 bits per heavy atom. The van der Waals surface area contributed by atoms with Crippen LogP contribution in [0.3, 0.4) is 0 Å². The van der Waals surface area contributed by atoms with E-state index in [1.807, 2.05) is 20.9 Å². The summed E-state index contributed by atoms with van der Waals surface area (Å²) in [6, 6.07) is 4.73. The maximum Gasteiger partial charge on any atom is 0.277 e. The minimum absolute atomic E-state index is 0.147. The van der Waals surface area contributed by atoms with Gasteiger partial charge in [-0.25, -0.2) is 17.9 Å². The average molecular weight is 489 g/mol. The number of nitrogens with one attached hydrogen (secondary N) is 1. The summed E-state index contributed by atoms with van der Waals surface area (Å²) < 4.78 is 35.8. The first kappa shape index (κ1) is 24.4. The van der Waals surface area contributed by atoms with E-state index >= 15 is 0 Å². The number of benzene rings is 1. The van der Waals surface area contributed by atoms with E-state index in [4.69, 9.17) is 4.74 Å². The fourth-order valence-electron chi connectivity index (χ4n) is 4.29. The van der Waals surface area contributed by atoms with Gasteiger partial charge in [0.05, 0.1) is 22.8 Å². The van der Waals surface area contributed by atoms with Gasteiger partial charge in [0.25, 0.3) is 5.56 Å². The molecule has 4 rings (SSSR count). The number of aromatic amines is 1. The number of hydrogen-bond donors (Lipinski definition) is 1. The van der Waals surface area contributed by atoms with Crippen LogP contribution in [0.15, 0.2) is 27.9 Å². The molecular weight excluding hydrogens is 456 g/mol. The summed E-state index contributed by atoms with van der Waals surface area (Å²) in [5.41, 5.74) is 1.09. The number of aromatic nitrogens is 4. The number of H-pyrrole nitrogens is 1. The van der Waals surface area contributed by atoms with E-state index in [1.165, 1.54) is 4.31 Å². The molecule has 184 valence electrons. The second-order valence-corrected chi connectivity index (χ2v) is 10.5. The SMILES string of the molecule is CCCc1nc(C)c2c(=O)[nH]c(-c3cc(S(=O)(=O)N4CCCN(C)CC4)ccc3OCC)nn12. The molecule has 3 heterocycles. The molecule has 1 aromatic carbocycles. The van der Waals surface area contributed by atoms with Crippen LogP contribution in [0, 0.1) is 6.92 Å². The van der Waals surface area contributed by atoms with Crippen molar-refractivity contribution < 1.29 is 13.2 Å². The highest BCUT2D eigenvalue weighted by molar-refractivity contribution is 7.89. The number of nitrogens with zero attached hydrogens (tertiary/aromatic N) is 5. The van der Waals surface area contributed by atoms with Crippen molar-refractivity contribution in [2.45, 2.75) is 44.9 Å². The van der Waals surface area contributed by atoms with E-state index in [9.17, 15) is 13.2 Å². The van der Waals surface area contributed by atoms with Crippen molar-refractivity contribution in [3.05, 3.63) is 40.1 Å². The summed E-state index contributed by atoms with van der Waals surface area (Å²) in [6.07, 6.45) is 2.29. The van der Waals surface area contributed by atoms with Crippen molar-refractivity contribution in [2.75, 3.05) is 39.8 Å². The van der Waals surface area contributed by atoms with Gasteiger partial charge in [-0.05, 0) is 58.5 Å². The molecule has 1 aliphatic heterocycles. The second-order valence-electron chi connectivity index (χ2n) is 8.58. The smallest absolute Gasteiger partial charge is 0.277 e. The van der Waals surface area contributed by atoms with E-state index in [2.05, 4.69) is 20.0 Å². The minimum atomic E-state index is -3.72. The highest BCUT2D eigenvalue weighted by Gasteiger charge is 2.28. The third kappa shape index (κ3) is 4.59. The molecule has 0 unspecified atom stereocenters. The summed E-state index contributed by atoms with van der Waals surface area (Å²) >= 11 is 0. The molecule has 0 atom stereocenters. The standard InChI is InChI=1S/C23H32N6O4S/c1-5-8-20-24-16(3)21-23(30)25-22(26-29(20)21)18-15-17(9-10-19(18)33-6-2)34(31,32)28-12-7-11-27(4)13-14-28/h9-10,15H,5-8,11-14H2,1-4H3,(H,25,26,30). The van der Waals surface area contributed by atoms with E-state index in [0.717, 1.165) is 19.4 Å². The zero-order valence-electron chi connectivity index (χ0n) is 20.2. The number of aryl methyl sites for hydroxylation is 2. The highest BCUT2D eigenvalue weighted by Crippen LogP contribution is 2.31. The second kappa shape index (κ2) is 9.85. The Morgan fingerprint density at radius 3 is 2.68 bits per heavy atom. The molecule has 34 heavy (non-hydrogen) atoms. The van der Waals surface area contributed by atoms with Crippen LogP contribution in [0.4, 0.5) is 0 Å². The molecule has 10 nitrogen and oxygen atoms in total. The summed E-state index contributed by atoms with van der Waals surface area (Å²) in [7, 11) is -1.73. The van der Waals surface area contributed by atoms with Crippen LogP contribution < -0.4 is 10.3 Å². The van der Waals surface area contributed by atoms with Gasteiger partial charge in [0.15, 0.2) is 11.3 Å². The summed E-state index contributed by atoms with van der Waals surface area (Å²) in [6.45, 7) is 8.47. The lowest BCUT2D eigenvalue weighted by molar-refractivity contribution is 0.341.